The third-order valence-corrected chi connectivity index (χ3v) is 10.8. The van der Waals surface area contributed by atoms with Gasteiger partial charge >= 0.3 is 0 Å². The van der Waals surface area contributed by atoms with Crippen molar-refractivity contribution in [2.75, 3.05) is 78.9 Å². The van der Waals surface area contributed by atoms with E-state index < -0.39 is 20.8 Å². The molecule has 294 valence electrons. The second-order valence-electron chi connectivity index (χ2n) is 11.6. The lowest BCUT2D eigenvalue weighted by molar-refractivity contribution is 0.322. The number of benzene rings is 3. The van der Waals surface area contributed by atoms with Gasteiger partial charge in [-0.1, -0.05) is 11.8 Å². The molecule has 0 spiro atoms. The Morgan fingerprint density at radius 1 is 0.855 bits per heavy atom. The van der Waals surface area contributed by atoms with Gasteiger partial charge < -0.3 is 45.9 Å². The number of nitrogens with one attached hydrogen (secondary N) is 2. The maximum Gasteiger partial charge on any atom is 0.298 e. The zero-order valence-electron chi connectivity index (χ0n) is 31.1. The van der Waals surface area contributed by atoms with Crippen LogP contribution in [0.3, 0.4) is 0 Å². The summed E-state index contributed by atoms with van der Waals surface area (Å²) >= 11 is 2.16. The Hall–Kier alpha value is -5.22. The molecule has 18 nitrogen and oxygen atoms in total. The second-order valence-corrected chi connectivity index (χ2v) is 14.8. The van der Waals surface area contributed by atoms with E-state index in [1.165, 1.54) is 11.8 Å². The van der Waals surface area contributed by atoms with Crippen LogP contribution in [0.2, 0.25) is 0 Å². The number of aliphatic hydroxyl groups is 1. The van der Waals surface area contributed by atoms with Crippen molar-refractivity contribution in [1.29, 1.82) is 0 Å². The number of aromatic hydroxyl groups is 1. The Labute approximate surface area is 326 Å². The lowest BCUT2D eigenvalue weighted by Gasteiger charge is -2.25. The highest BCUT2D eigenvalue weighted by atomic mass is 32.2. The molecule has 0 bridgehead atoms. The molecule has 0 radical (unpaired) electrons. The number of rotatable bonds is 18. The molecule has 21 heteroatoms. The molecular formula is C34H43N11O7S3. The Morgan fingerprint density at radius 2 is 1.44 bits per heavy atom. The minimum atomic E-state index is -4.69. The molecule has 5 aromatic rings. The molecule has 0 aliphatic carbocycles. The van der Waals surface area contributed by atoms with Crippen molar-refractivity contribution < 1.29 is 32.7 Å². The van der Waals surface area contributed by atoms with Gasteiger partial charge in [0.1, 0.15) is 27.8 Å². The van der Waals surface area contributed by atoms with E-state index in [1.807, 2.05) is 39.8 Å². The molecule has 5 rings (SSSR count). The third kappa shape index (κ3) is 9.36. The first kappa shape index (κ1) is 41.0. The number of aliphatic hydroxyl groups excluding tert-OH is 1. The summed E-state index contributed by atoms with van der Waals surface area (Å²) < 4.78 is 48.6. The summed E-state index contributed by atoms with van der Waals surface area (Å²) in [5, 5.41) is 36.3. The third-order valence-electron chi connectivity index (χ3n) is 8.35. The quantitative estimate of drug-likeness (QED) is 0.0233. The monoisotopic (exact) mass is 813 g/mol. The number of azo groups is 1. The zero-order valence-corrected chi connectivity index (χ0v) is 33.5. The number of nitrogens with two attached hydrogens (primary N) is 1. The molecule has 7 N–H and O–H groups in total. The van der Waals surface area contributed by atoms with Gasteiger partial charge in [-0.3, -0.25) is 4.55 Å². The second kappa shape index (κ2) is 17.9. The van der Waals surface area contributed by atoms with E-state index in [1.54, 1.807) is 26.4 Å². The standard InChI is InChI=1S/C34H43N11O7S3/c1-7-44(8-2)25-15-22(20(35)14-28(25)51-5)36-32-38-33(40-34(39-32)53-12-11-46)37-23-16-26(45(9-3)10-4)29(52-6)17-24(23)41-42-31-19-13-27(47)30(55(48,49)50)18-21(19)43-54-31/h13-18,46-47H,7-12,35H2,1-6H3,(H,48,49,50)(H2,36,37,38,39,40). The van der Waals surface area contributed by atoms with E-state index in [4.69, 9.17) is 15.2 Å². The van der Waals surface area contributed by atoms with Gasteiger partial charge in [0.2, 0.25) is 11.9 Å². The number of phenols is 1. The van der Waals surface area contributed by atoms with Crippen LogP contribution in [0, 0.1) is 0 Å². The zero-order chi connectivity index (χ0) is 39.9. The van der Waals surface area contributed by atoms with Crippen LogP contribution in [-0.4, -0.2) is 95.3 Å². The summed E-state index contributed by atoms with van der Waals surface area (Å²) in [6, 6.07) is 9.37. The number of aromatic nitrogens is 4. The molecule has 0 fully saturated rings. The minimum Gasteiger partial charge on any atom is -0.506 e. The Balaban J connectivity index is 1.60. The molecule has 0 unspecified atom stereocenters. The topological polar surface area (TPSA) is 246 Å². The normalized spacial score (nSPS) is 11.6. The molecular weight excluding hydrogens is 771 g/mol. The number of phenolic OH excluding ortho intramolecular Hbond substituents is 1. The van der Waals surface area contributed by atoms with E-state index in [0.717, 1.165) is 48.1 Å². The average Bonchev–Trinajstić information content (AvgIpc) is 3.56. The Kier molecular flexibility index (Phi) is 13.4. The SMILES string of the molecule is CCN(CC)c1cc(Nc2nc(Nc3cc(N(CC)CC)c(OC)cc3N=Nc3snc4cc(S(=O)(=O)O)c(O)cc34)nc(SCCO)n2)c(N)cc1OC. The van der Waals surface area contributed by atoms with Gasteiger partial charge in [0.05, 0.1) is 54.8 Å². The fourth-order valence-corrected chi connectivity index (χ4v) is 7.45. The van der Waals surface area contributed by atoms with E-state index in [0.29, 0.717) is 63.6 Å². The molecule has 0 aliphatic heterocycles. The van der Waals surface area contributed by atoms with Crippen molar-refractivity contribution in [3.8, 4) is 17.2 Å². The number of nitrogen functional groups attached to an aromatic ring is 1. The smallest absolute Gasteiger partial charge is 0.298 e. The minimum absolute atomic E-state index is 0.0993. The van der Waals surface area contributed by atoms with Crippen molar-refractivity contribution in [2.45, 2.75) is 37.7 Å². The average molecular weight is 814 g/mol. The number of ether oxygens (including phenoxy) is 2. The van der Waals surface area contributed by atoms with Crippen LogP contribution in [-0.2, 0) is 10.1 Å². The number of fused-ring (bicyclic) bond motifs is 1. The predicted molar refractivity (Wildman–Crippen MR) is 217 cm³/mol. The molecule has 0 aliphatic rings. The number of hydrogen-bond donors (Lipinski definition) is 6. The largest absolute Gasteiger partial charge is 0.506 e. The lowest BCUT2D eigenvalue weighted by Crippen LogP contribution is -2.22. The van der Waals surface area contributed by atoms with Crippen LogP contribution < -0.4 is 35.6 Å². The maximum atomic E-state index is 11.7. The highest BCUT2D eigenvalue weighted by Gasteiger charge is 2.21. The van der Waals surface area contributed by atoms with Crippen LogP contribution in [0.5, 0.6) is 17.2 Å². The molecule has 0 amide bonds. The van der Waals surface area contributed by atoms with Crippen LogP contribution in [0.1, 0.15) is 27.7 Å². The van der Waals surface area contributed by atoms with Crippen LogP contribution in [0.15, 0.2) is 56.7 Å². The summed E-state index contributed by atoms with van der Waals surface area (Å²) in [5.41, 5.74) is 9.97. The number of thioether (sulfide) groups is 1. The molecule has 55 heavy (non-hydrogen) atoms. The molecule has 2 aromatic heterocycles. The van der Waals surface area contributed by atoms with Crippen molar-refractivity contribution in [2.24, 2.45) is 10.2 Å². The van der Waals surface area contributed by atoms with Crippen LogP contribution in [0.25, 0.3) is 10.9 Å². The summed E-state index contributed by atoms with van der Waals surface area (Å²) in [5.74, 6) is 1.14. The predicted octanol–water partition coefficient (Wildman–Crippen LogP) is 6.71. The van der Waals surface area contributed by atoms with E-state index >= 15 is 0 Å². The molecule has 0 saturated carbocycles. The number of methoxy groups -OCH3 is 2. The summed E-state index contributed by atoms with van der Waals surface area (Å²) in [6.07, 6.45) is 0. The number of anilines is 7. The van der Waals surface area contributed by atoms with Gasteiger partial charge in [-0.05, 0) is 63.5 Å². The van der Waals surface area contributed by atoms with Gasteiger partial charge in [-0.2, -0.15) is 27.7 Å². The Bertz CT molecular complexity index is 2280. The van der Waals surface area contributed by atoms with Crippen LogP contribution >= 0.6 is 23.3 Å². The summed E-state index contributed by atoms with van der Waals surface area (Å²) in [6.45, 7) is 10.9. The molecule has 0 saturated heterocycles. The molecule has 3 aromatic carbocycles. The van der Waals surface area contributed by atoms with Gasteiger partial charge in [-0.25, -0.2) is 0 Å². The van der Waals surface area contributed by atoms with Gasteiger partial charge in [0.25, 0.3) is 10.1 Å². The van der Waals surface area contributed by atoms with Crippen molar-refractivity contribution in [3.05, 3.63) is 36.4 Å². The van der Waals surface area contributed by atoms with Crippen LogP contribution in [0.4, 0.5) is 51.0 Å². The molecule has 2 heterocycles. The first-order chi connectivity index (χ1) is 26.4. The summed E-state index contributed by atoms with van der Waals surface area (Å²) in [4.78, 5) is 17.4. The fourth-order valence-electron chi connectivity index (χ4n) is 5.62. The van der Waals surface area contributed by atoms with E-state index in [-0.39, 0.29) is 29.0 Å². The fraction of sp³-hybridized carbons (Fsp3) is 0.353. The maximum absolute atomic E-state index is 11.7. The van der Waals surface area contributed by atoms with E-state index in [9.17, 15) is 23.2 Å². The van der Waals surface area contributed by atoms with E-state index in [2.05, 4.69) is 50.0 Å². The van der Waals surface area contributed by atoms with Crippen molar-refractivity contribution >= 4 is 95.3 Å². The Morgan fingerprint density at radius 3 is 2.00 bits per heavy atom. The summed E-state index contributed by atoms with van der Waals surface area (Å²) in [7, 11) is -1.54. The van der Waals surface area contributed by atoms with Crippen molar-refractivity contribution in [3.63, 3.8) is 0 Å². The first-order valence-corrected chi connectivity index (χ1v) is 20.3. The van der Waals surface area contributed by atoms with Gasteiger partial charge in [0, 0.05) is 49.5 Å². The van der Waals surface area contributed by atoms with Gasteiger partial charge in [-0.15, -0.1) is 10.2 Å². The number of hydrogen-bond acceptors (Lipinski definition) is 19. The van der Waals surface area contributed by atoms with Gasteiger partial charge in [0.15, 0.2) is 10.2 Å². The highest BCUT2D eigenvalue weighted by molar-refractivity contribution is 7.99. The number of nitrogens with zero attached hydrogens (tertiary/aromatic N) is 8. The highest BCUT2D eigenvalue weighted by Crippen LogP contribution is 2.43. The molecule has 0 atom stereocenters. The van der Waals surface area contributed by atoms with Crippen molar-refractivity contribution in [1.82, 2.24) is 19.3 Å². The first-order valence-electron chi connectivity index (χ1n) is 17.1. The lowest BCUT2D eigenvalue weighted by atomic mass is 10.2.